The number of nitrogens with one attached hydrogen (secondary N) is 1. The van der Waals surface area contributed by atoms with E-state index < -0.39 is 6.10 Å². The van der Waals surface area contributed by atoms with Gasteiger partial charge in [0.1, 0.15) is 35.7 Å². The molecule has 1 amide bonds. The molecule has 8 rings (SSSR count). The molecule has 2 aliphatic rings. The van der Waals surface area contributed by atoms with Crippen LogP contribution in [-0.2, 0) is 11.3 Å². The van der Waals surface area contributed by atoms with E-state index in [0.717, 1.165) is 44.6 Å². The highest BCUT2D eigenvalue weighted by molar-refractivity contribution is 6.07. The minimum atomic E-state index is -0.396. The number of aromatic nitrogens is 6. The zero-order chi connectivity index (χ0) is 29.2. The molecule has 0 atom stereocenters. The third-order valence-electron chi connectivity index (χ3n) is 8.73. The monoisotopic (exact) mass is 578 g/mol. The number of hydrogen-bond acceptors (Lipinski definition) is 8. The van der Waals surface area contributed by atoms with Crippen molar-refractivity contribution >= 4 is 44.9 Å². The number of benzene rings is 1. The number of β-amino-alcohol motifs (C(OH)–C–C–N with tert-alkyl or cyclic N) is 1. The molecule has 0 unspecified atom stereocenters. The lowest BCUT2D eigenvalue weighted by Gasteiger charge is -2.37. The Labute approximate surface area is 245 Å². The number of piperidine rings is 1. The average molecular weight is 579 g/mol. The molecular formula is C31H30N8O4. The van der Waals surface area contributed by atoms with Crippen LogP contribution in [0.4, 0.5) is 5.82 Å². The first-order chi connectivity index (χ1) is 20.9. The number of pyridine rings is 1. The van der Waals surface area contributed by atoms with Crippen LogP contribution in [0.5, 0.6) is 0 Å². The predicted octanol–water partition coefficient (Wildman–Crippen LogP) is 3.24. The molecule has 1 aromatic carbocycles. The highest BCUT2D eigenvalue weighted by atomic mass is 16.3. The molecule has 7 heterocycles. The second-order valence-corrected chi connectivity index (χ2v) is 11.5. The summed E-state index contributed by atoms with van der Waals surface area (Å²) in [5, 5.41) is 11.8. The van der Waals surface area contributed by atoms with E-state index in [4.69, 9.17) is 4.42 Å². The normalized spacial score (nSPS) is 16.5. The fourth-order valence-corrected chi connectivity index (χ4v) is 6.64. The first-order valence-corrected chi connectivity index (χ1v) is 14.5. The molecule has 5 aromatic heterocycles. The lowest BCUT2D eigenvalue weighted by molar-refractivity contribution is -0.133. The second-order valence-electron chi connectivity index (χ2n) is 11.5. The highest BCUT2D eigenvalue weighted by Crippen LogP contribution is 2.40. The molecule has 12 heteroatoms. The summed E-state index contributed by atoms with van der Waals surface area (Å²) >= 11 is 0. The fourth-order valence-electron chi connectivity index (χ4n) is 6.64. The van der Waals surface area contributed by atoms with Crippen molar-refractivity contribution in [1.29, 1.82) is 0 Å². The number of aromatic amines is 1. The summed E-state index contributed by atoms with van der Waals surface area (Å²) in [6, 6.07) is 11.8. The van der Waals surface area contributed by atoms with Crippen molar-refractivity contribution in [1.82, 2.24) is 34.0 Å². The van der Waals surface area contributed by atoms with Crippen molar-refractivity contribution in [3.8, 4) is 11.1 Å². The number of aryl methyl sites for hydroxylation is 1. The number of para-hydroxylation sites is 1. The van der Waals surface area contributed by atoms with E-state index in [1.54, 1.807) is 10.8 Å². The van der Waals surface area contributed by atoms with Crippen molar-refractivity contribution in [2.24, 2.45) is 0 Å². The lowest BCUT2D eigenvalue weighted by Crippen LogP contribution is -2.51. The maximum Gasteiger partial charge on any atom is 0.327 e. The lowest BCUT2D eigenvalue weighted by atomic mass is 10.0. The topological polar surface area (TPSA) is 138 Å². The number of furan rings is 1. The molecule has 2 aliphatic heterocycles. The quantitative estimate of drug-likeness (QED) is 0.318. The molecule has 43 heavy (non-hydrogen) atoms. The van der Waals surface area contributed by atoms with Crippen molar-refractivity contribution in [2.45, 2.75) is 38.5 Å². The largest absolute Gasteiger partial charge is 0.461 e. The van der Waals surface area contributed by atoms with Crippen molar-refractivity contribution in [3.05, 3.63) is 71.4 Å². The van der Waals surface area contributed by atoms with Crippen molar-refractivity contribution < 1.29 is 14.3 Å². The number of imidazole rings is 1. The molecule has 2 saturated heterocycles. The Morgan fingerprint density at radius 1 is 1.09 bits per heavy atom. The van der Waals surface area contributed by atoms with Gasteiger partial charge in [-0.15, -0.1) is 0 Å². The van der Waals surface area contributed by atoms with Crippen LogP contribution >= 0.6 is 0 Å². The zero-order valence-corrected chi connectivity index (χ0v) is 23.6. The Kier molecular flexibility index (Phi) is 5.86. The molecule has 2 fully saturated rings. The Hall–Kier alpha value is -4.97. The van der Waals surface area contributed by atoms with Crippen LogP contribution in [0.3, 0.4) is 0 Å². The Bertz CT molecular complexity index is 2070. The number of likely N-dealkylation sites (tertiary alicyclic amines) is 1. The van der Waals surface area contributed by atoms with E-state index in [-0.39, 0.29) is 24.2 Å². The average Bonchev–Trinajstić information content (AvgIpc) is 3.67. The Morgan fingerprint density at radius 2 is 1.93 bits per heavy atom. The molecule has 0 spiro atoms. The van der Waals surface area contributed by atoms with E-state index in [1.165, 1.54) is 6.33 Å². The van der Waals surface area contributed by atoms with Gasteiger partial charge in [0.25, 0.3) is 0 Å². The molecule has 0 aliphatic carbocycles. The van der Waals surface area contributed by atoms with Gasteiger partial charge in [-0.25, -0.2) is 19.7 Å². The molecular weight excluding hydrogens is 548 g/mol. The van der Waals surface area contributed by atoms with Gasteiger partial charge in [0.05, 0.1) is 17.0 Å². The van der Waals surface area contributed by atoms with Crippen LogP contribution in [0.15, 0.2) is 64.3 Å². The van der Waals surface area contributed by atoms with E-state index in [0.29, 0.717) is 50.3 Å². The van der Waals surface area contributed by atoms with Gasteiger partial charge in [-0.3, -0.25) is 14.3 Å². The van der Waals surface area contributed by atoms with E-state index in [9.17, 15) is 14.7 Å². The second kappa shape index (κ2) is 9.80. The van der Waals surface area contributed by atoms with Crippen molar-refractivity contribution in [3.63, 3.8) is 0 Å². The number of nitrogens with zero attached hydrogens (tertiary/aromatic N) is 7. The molecule has 12 nitrogen and oxygen atoms in total. The third-order valence-corrected chi connectivity index (χ3v) is 8.73. The van der Waals surface area contributed by atoms with Crippen LogP contribution in [0.2, 0.25) is 0 Å². The van der Waals surface area contributed by atoms with Gasteiger partial charge < -0.3 is 23.9 Å². The van der Waals surface area contributed by atoms with Crippen molar-refractivity contribution in [2.75, 3.05) is 31.1 Å². The summed E-state index contributed by atoms with van der Waals surface area (Å²) in [5.41, 5.74) is 4.41. The number of H-pyrrole nitrogens is 1. The zero-order valence-electron chi connectivity index (χ0n) is 23.6. The minimum Gasteiger partial charge on any atom is -0.461 e. The standard InChI is InChI=1S/C31H30N8O4/c1-18-12-19-4-2-5-22(27(19)43-18)23-15-38(30-26(23)29(33-17-34-30)37-13-21(40)14-37)16-25(41)36-10-7-20(8-11-36)39-24-6-3-9-32-28(24)35-31(39)42/h2-6,9,12,15,17,20-21,40H,7-8,10-11,13-14,16H2,1H3,(H,32,35,42). The van der Waals surface area contributed by atoms with E-state index in [1.807, 2.05) is 63.9 Å². The number of anilines is 1. The van der Waals surface area contributed by atoms with E-state index >= 15 is 0 Å². The molecule has 0 radical (unpaired) electrons. The van der Waals surface area contributed by atoms with Crippen LogP contribution in [0.25, 0.3) is 44.3 Å². The molecule has 0 saturated carbocycles. The first-order valence-electron chi connectivity index (χ1n) is 14.5. The van der Waals surface area contributed by atoms with Crippen LogP contribution < -0.4 is 10.6 Å². The number of amides is 1. The van der Waals surface area contributed by atoms with Crippen LogP contribution in [-0.4, -0.2) is 77.3 Å². The van der Waals surface area contributed by atoms with Crippen LogP contribution in [0, 0.1) is 6.92 Å². The van der Waals surface area contributed by atoms with Crippen LogP contribution in [0.1, 0.15) is 24.6 Å². The SMILES string of the molecule is Cc1cc2cccc(-c3cn(CC(=O)N4CCC(n5c(=O)[nH]c6ncccc65)CC4)c4ncnc(N5CC(O)C5)c34)c2o1. The Morgan fingerprint density at radius 3 is 2.74 bits per heavy atom. The van der Waals surface area contributed by atoms with Gasteiger partial charge in [0.2, 0.25) is 5.91 Å². The maximum absolute atomic E-state index is 13.7. The summed E-state index contributed by atoms with van der Waals surface area (Å²) in [4.78, 5) is 46.6. The summed E-state index contributed by atoms with van der Waals surface area (Å²) in [5.74, 6) is 1.54. The molecule has 2 N–H and O–H groups in total. The summed E-state index contributed by atoms with van der Waals surface area (Å²) in [7, 11) is 0. The fraction of sp³-hybridized carbons (Fsp3) is 0.323. The van der Waals surface area contributed by atoms with E-state index in [2.05, 4.69) is 19.9 Å². The summed E-state index contributed by atoms with van der Waals surface area (Å²) in [6.07, 6.45) is 6.10. The third kappa shape index (κ3) is 4.20. The number of hydrogen-bond donors (Lipinski definition) is 2. The van der Waals surface area contributed by atoms with Gasteiger partial charge in [-0.2, -0.15) is 0 Å². The minimum absolute atomic E-state index is 0.00655. The molecule has 6 aromatic rings. The number of aliphatic hydroxyl groups excluding tert-OH is 1. The Balaban J connectivity index is 1.11. The molecule has 218 valence electrons. The smallest absolute Gasteiger partial charge is 0.327 e. The van der Waals surface area contributed by atoms with Gasteiger partial charge in [-0.05, 0) is 38.0 Å². The number of aliphatic hydroxyl groups is 1. The number of fused-ring (bicyclic) bond motifs is 3. The highest BCUT2D eigenvalue weighted by Gasteiger charge is 2.31. The number of carbonyl (C=O) groups excluding carboxylic acids is 1. The predicted molar refractivity (Wildman–Crippen MR) is 161 cm³/mol. The maximum atomic E-state index is 13.7. The summed E-state index contributed by atoms with van der Waals surface area (Å²) in [6.45, 7) is 4.12. The van der Waals surface area contributed by atoms with Gasteiger partial charge in [0.15, 0.2) is 5.65 Å². The number of carbonyl (C=O) groups is 1. The van der Waals surface area contributed by atoms with Gasteiger partial charge in [-0.1, -0.05) is 18.2 Å². The number of rotatable bonds is 5. The first kappa shape index (κ1) is 25.7. The molecule has 0 bridgehead atoms. The summed E-state index contributed by atoms with van der Waals surface area (Å²) < 4.78 is 9.78. The van der Waals surface area contributed by atoms with Gasteiger partial charge >= 0.3 is 5.69 Å². The van der Waals surface area contributed by atoms with Gasteiger partial charge in [0, 0.05) is 61.1 Å².